The average Bonchev–Trinajstić information content (AvgIpc) is 3.01. The molecule has 4 rings (SSSR count). The van der Waals surface area contributed by atoms with Crippen LogP contribution in [0.5, 0.6) is 0 Å². The van der Waals surface area contributed by atoms with Crippen molar-refractivity contribution in [1.29, 1.82) is 0 Å². The van der Waals surface area contributed by atoms with Crippen LogP contribution in [0.3, 0.4) is 0 Å². The van der Waals surface area contributed by atoms with Gasteiger partial charge in [0.2, 0.25) is 0 Å². The van der Waals surface area contributed by atoms with Crippen molar-refractivity contribution >= 4 is 28.6 Å². The second kappa shape index (κ2) is 7.64. The molecule has 1 amide bonds. The van der Waals surface area contributed by atoms with Crippen molar-refractivity contribution in [3.05, 3.63) is 95.3 Å². The maximum Gasteiger partial charge on any atom is 0.273 e. The lowest BCUT2D eigenvalue weighted by molar-refractivity contribution is 0.0956. The maximum absolute atomic E-state index is 12.3. The number of nitrogens with zero attached hydrogens (tertiary/aromatic N) is 2. The summed E-state index contributed by atoms with van der Waals surface area (Å²) in [4.78, 5) is 12.3. The summed E-state index contributed by atoms with van der Waals surface area (Å²) < 4.78 is 2.21. The number of aryl methyl sites for hydroxylation is 1. The summed E-state index contributed by atoms with van der Waals surface area (Å²) in [6.45, 7) is 4.11. The van der Waals surface area contributed by atoms with Crippen molar-refractivity contribution in [3.8, 4) is 5.69 Å². The number of hydrogen-bond acceptors (Lipinski definition) is 3. The number of aromatic nitrogens is 1. The van der Waals surface area contributed by atoms with Gasteiger partial charge < -0.3 is 10.3 Å². The Balaban J connectivity index is 1.63. The molecule has 0 saturated carbocycles. The molecule has 0 saturated heterocycles. The summed E-state index contributed by atoms with van der Waals surface area (Å²) in [5.74, 6) is -0.331. The van der Waals surface area contributed by atoms with Crippen LogP contribution in [0.2, 0.25) is 0 Å². The van der Waals surface area contributed by atoms with Gasteiger partial charge in [0.1, 0.15) is 0 Å². The van der Waals surface area contributed by atoms with Crippen LogP contribution in [-0.2, 0) is 0 Å². The normalized spacial score (nSPS) is 11.2. The van der Waals surface area contributed by atoms with Crippen LogP contribution in [0.25, 0.3) is 16.5 Å². The van der Waals surface area contributed by atoms with Gasteiger partial charge in [0.15, 0.2) is 0 Å². The van der Waals surface area contributed by atoms with E-state index in [4.69, 9.17) is 5.73 Å². The van der Waals surface area contributed by atoms with Crippen LogP contribution in [0, 0.1) is 13.8 Å². The van der Waals surface area contributed by atoms with Crippen LogP contribution >= 0.6 is 0 Å². The smallest absolute Gasteiger partial charge is 0.273 e. The largest absolute Gasteiger partial charge is 0.398 e. The molecule has 0 aliphatic heterocycles. The monoisotopic (exact) mass is 382 g/mol. The van der Waals surface area contributed by atoms with Crippen molar-refractivity contribution < 1.29 is 4.79 Å². The Hall–Kier alpha value is -3.86. The molecule has 0 fully saturated rings. The van der Waals surface area contributed by atoms with Gasteiger partial charge in [0, 0.05) is 28.0 Å². The third kappa shape index (κ3) is 3.50. The van der Waals surface area contributed by atoms with Gasteiger partial charge in [-0.25, -0.2) is 5.43 Å². The van der Waals surface area contributed by atoms with Gasteiger partial charge in [0.05, 0.1) is 17.5 Å². The Morgan fingerprint density at radius 3 is 2.55 bits per heavy atom. The predicted octanol–water partition coefficient (Wildman–Crippen LogP) is 4.59. The Morgan fingerprint density at radius 2 is 1.72 bits per heavy atom. The zero-order chi connectivity index (χ0) is 20.4. The molecule has 0 radical (unpaired) electrons. The molecule has 0 unspecified atom stereocenters. The summed E-state index contributed by atoms with van der Waals surface area (Å²) >= 11 is 0. The van der Waals surface area contributed by atoms with E-state index in [1.807, 2.05) is 19.1 Å². The quantitative estimate of drug-likeness (QED) is 0.308. The third-order valence-corrected chi connectivity index (χ3v) is 5.05. The fourth-order valence-corrected chi connectivity index (χ4v) is 3.62. The molecule has 0 spiro atoms. The number of rotatable bonds is 4. The number of fused-ring (bicyclic) bond motifs is 1. The van der Waals surface area contributed by atoms with Gasteiger partial charge in [-0.2, -0.15) is 5.10 Å². The molecule has 144 valence electrons. The highest BCUT2D eigenvalue weighted by molar-refractivity contribution is 5.99. The van der Waals surface area contributed by atoms with Gasteiger partial charge in [0.25, 0.3) is 5.91 Å². The summed E-state index contributed by atoms with van der Waals surface area (Å²) in [6.07, 6.45) is 1.67. The predicted molar refractivity (Wildman–Crippen MR) is 119 cm³/mol. The molecular weight excluding hydrogens is 360 g/mol. The number of benzene rings is 3. The van der Waals surface area contributed by atoms with Crippen molar-refractivity contribution in [2.24, 2.45) is 5.10 Å². The second-order valence-electron chi connectivity index (χ2n) is 6.95. The van der Waals surface area contributed by atoms with Crippen LogP contribution in [0.15, 0.2) is 77.9 Å². The Morgan fingerprint density at radius 1 is 1.00 bits per heavy atom. The highest BCUT2D eigenvalue weighted by atomic mass is 16.2. The molecule has 1 heterocycles. The molecule has 0 aliphatic carbocycles. The summed E-state index contributed by atoms with van der Waals surface area (Å²) in [7, 11) is 0. The first-order valence-corrected chi connectivity index (χ1v) is 9.41. The SMILES string of the molecule is Cc1cc(/C=N\NC(=O)c2ccccc2N)c(C)n1-c1cccc2ccccc12. The molecule has 4 aromatic rings. The minimum absolute atomic E-state index is 0.331. The molecule has 0 aliphatic rings. The fraction of sp³-hybridized carbons (Fsp3) is 0.0833. The van der Waals surface area contributed by atoms with Gasteiger partial charge in [-0.3, -0.25) is 4.79 Å². The minimum Gasteiger partial charge on any atom is -0.398 e. The molecule has 5 nitrogen and oxygen atoms in total. The second-order valence-corrected chi connectivity index (χ2v) is 6.95. The summed E-state index contributed by atoms with van der Waals surface area (Å²) in [5, 5.41) is 6.52. The van der Waals surface area contributed by atoms with Crippen LogP contribution in [-0.4, -0.2) is 16.7 Å². The first-order valence-electron chi connectivity index (χ1n) is 9.41. The maximum atomic E-state index is 12.3. The zero-order valence-corrected chi connectivity index (χ0v) is 16.4. The van der Waals surface area contributed by atoms with Crippen LogP contribution in [0.1, 0.15) is 27.3 Å². The lowest BCUT2D eigenvalue weighted by Gasteiger charge is -2.13. The van der Waals surface area contributed by atoms with Gasteiger partial charge >= 0.3 is 0 Å². The van der Waals surface area contributed by atoms with Gasteiger partial charge in [-0.1, -0.05) is 48.5 Å². The number of hydrogen-bond donors (Lipinski definition) is 2. The van der Waals surface area contributed by atoms with Gasteiger partial charge in [-0.05, 0) is 43.5 Å². The summed E-state index contributed by atoms with van der Waals surface area (Å²) in [5.41, 5.74) is 13.4. The lowest BCUT2D eigenvalue weighted by Crippen LogP contribution is -2.19. The molecular formula is C24H22N4O. The molecule has 3 aromatic carbocycles. The number of carbonyl (C=O) groups excluding carboxylic acids is 1. The Labute approximate surface area is 169 Å². The van der Waals surface area contributed by atoms with E-state index < -0.39 is 0 Å². The Bertz CT molecular complexity index is 1230. The minimum atomic E-state index is -0.331. The number of anilines is 1. The number of nitrogens with one attached hydrogen (secondary N) is 1. The molecule has 29 heavy (non-hydrogen) atoms. The van der Waals surface area contributed by atoms with Crippen molar-refractivity contribution in [2.45, 2.75) is 13.8 Å². The van der Waals surface area contributed by atoms with Crippen molar-refractivity contribution in [3.63, 3.8) is 0 Å². The highest BCUT2D eigenvalue weighted by Crippen LogP contribution is 2.26. The van der Waals surface area contributed by atoms with Crippen LogP contribution in [0.4, 0.5) is 5.69 Å². The van der Waals surface area contributed by atoms with E-state index in [0.29, 0.717) is 11.3 Å². The van der Waals surface area contributed by atoms with Gasteiger partial charge in [-0.15, -0.1) is 0 Å². The van der Waals surface area contributed by atoms with E-state index in [9.17, 15) is 4.79 Å². The number of para-hydroxylation sites is 1. The lowest BCUT2D eigenvalue weighted by atomic mass is 10.1. The molecule has 0 atom stereocenters. The van der Waals surface area contributed by atoms with Crippen molar-refractivity contribution in [2.75, 3.05) is 5.73 Å². The highest BCUT2D eigenvalue weighted by Gasteiger charge is 2.12. The number of carbonyl (C=O) groups is 1. The number of hydrazone groups is 1. The van der Waals surface area contributed by atoms with Crippen molar-refractivity contribution in [1.82, 2.24) is 9.99 Å². The van der Waals surface area contributed by atoms with E-state index in [0.717, 1.165) is 22.6 Å². The number of amides is 1. The van der Waals surface area contributed by atoms with E-state index in [1.54, 1.807) is 30.5 Å². The molecule has 0 bridgehead atoms. The van der Waals surface area contributed by atoms with E-state index >= 15 is 0 Å². The number of nitrogens with two attached hydrogens (primary N) is 1. The third-order valence-electron chi connectivity index (χ3n) is 5.05. The van der Waals surface area contributed by atoms with E-state index in [2.05, 4.69) is 58.4 Å². The molecule has 1 aromatic heterocycles. The molecule has 3 N–H and O–H groups in total. The molecule has 5 heteroatoms. The zero-order valence-electron chi connectivity index (χ0n) is 16.4. The Kier molecular flexibility index (Phi) is 4.87. The number of nitrogen functional groups attached to an aromatic ring is 1. The first kappa shape index (κ1) is 18.5. The standard InChI is InChI=1S/C24H22N4O/c1-16-14-19(15-26-27-24(29)21-11-5-6-12-22(21)25)17(2)28(16)23-13-7-9-18-8-3-4-10-20(18)23/h3-15H,25H2,1-2H3,(H,27,29)/b26-15-. The van der Waals surface area contributed by atoms with Crippen LogP contribution < -0.4 is 11.2 Å². The fourth-order valence-electron chi connectivity index (χ4n) is 3.62. The first-order chi connectivity index (χ1) is 14.1. The topological polar surface area (TPSA) is 72.4 Å². The summed E-state index contributed by atoms with van der Waals surface area (Å²) in [6, 6.07) is 23.6. The van der Waals surface area contributed by atoms with E-state index in [1.165, 1.54) is 10.8 Å². The van der Waals surface area contributed by atoms with E-state index in [-0.39, 0.29) is 5.91 Å². The average molecular weight is 382 g/mol.